The summed E-state index contributed by atoms with van der Waals surface area (Å²) in [6.07, 6.45) is 8.99. The van der Waals surface area contributed by atoms with Crippen molar-refractivity contribution in [3.8, 4) is 5.75 Å². The molecule has 3 heterocycles. The molecule has 0 unspecified atom stereocenters. The van der Waals surface area contributed by atoms with Gasteiger partial charge < -0.3 is 29.2 Å². The molecule has 3 aliphatic heterocycles. The van der Waals surface area contributed by atoms with Crippen LogP contribution in [0.3, 0.4) is 0 Å². The fraction of sp³-hybridized carbons (Fsp3) is 0.641. The molecule has 8 heteroatoms. The van der Waals surface area contributed by atoms with Crippen LogP contribution >= 0.6 is 0 Å². The fourth-order valence-electron chi connectivity index (χ4n) is 7.50. The van der Waals surface area contributed by atoms with E-state index in [2.05, 4.69) is 6.92 Å². The summed E-state index contributed by atoms with van der Waals surface area (Å²) in [5.41, 5.74) is 1.09. The van der Waals surface area contributed by atoms with Gasteiger partial charge in [-0.05, 0) is 114 Å². The number of aryl methyl sites for hydroxylation is 1. The highest BCUT2D eigenvalue weighted by Gasteiger charge is 2.42. The van der Waals surface area contributed by atoms with Crippen molar-refractivity contribution in [3.63, 3.8) is 0 Å². The van der Waals surface area contributed by atoms with Crippen LogP contribution in [-0.2, 0) is 36.8 Å². The molecular weight excluding hydrogens is 596 g/mol. The molecule has 2 bridgehead atoms. The van der Waals surface area contributed by atoms with E-state index in [0.717, 1.165) is 75.3 Å². The number of phenols is 1. The molecule has 2 aromatic carbocycles. The SMILES string of the molecule is C[C@H]1CC[C@@H]2CCC[C@H](CCCc3cccc(O)c3C(=O)O[C@@H]1C[C@@H](O)C[C@@H]1CCC[C@H](C(C)(C)C(=O)OCc3ccccc3)O1)O2. The van der Waals surface area contributed by atoms with Crippen molar-refractivity contribution in [2.45, 2.75) is 147 Å². The first-order valence-corrected chi connectivity index (χ1v) is 17.8. The maximum absolute atomic E-state index is 13.6. The maximum Gasteiger partial charge on any atom is 0.342 e. The molecule has 7 atom stereocenters. The van der Waals surface area contributed by atoms with Crippen LogP contribution in [0.1, 0.15) is 119 Å². The van der Waals surface area contributed by atoms with Gasteiger partial charge in [0.15, 0.2) is 0 Å². The fourth-order valence-corrected chi connectivity index (χ4v) is 7.50. The van der Waals surface area contributed by atoms with Crippen LogP contribution in [0.4, 0.5) is 0 Å². The summed E-state index contributed by atoms with van der Waals surface area (Å²) in [5, 5.41) is 22.1. The Morgan fingerprint density at radius 3 is 2.40 bits per heavy atom. The molecule has 258 valence electrons. The Balaban J connectivity index is 1.23. The van der Waals surface area contributed by atoms with E-state index in [1.165, 1.54) is 6.07 Å². The van der Waals surface area contributed by atoms with E-state index in [1.54, 1.807) is 6.07 Å². The molecule has 2 aromatic rings. The molecule has 0 saturated carbocycles. The summed E-state index contributed by atoms with van der Waals surface area (Å²) >= 11 is 0. The lowest BCUT2D eigenvalue weighted by Gasteiger charge is -2.39. The number of fused-ring (bicyclic) bond motifs is 3. The predicted octanol–water partition coefficient (Wildman–Crippen LogP) is 7.46. The molecule has 0 radical (unpaired) electrons. The van der Waals surface area contributed by atoms with Crippen molar-refractivity contribution in [1.29, 1.82) is 0 Å². The zero-order chi connectivity index (χ0) is 33.4. The molecule has 2 saturated heterocycles. The smallest absolute Gasteiger partial charge is 0.342 e. The number of aliphatic hydroxyl groups excluding tert-OH is 1. The number of hydrogen-bond donors (Lipinski definition) is 2. The van der Waals surface area contributed by atoms with Gasteiger partial charge in [-0.3, -0.25) is 4.79 Å². The van der Waals surface area contributed by atoms with Gasteiger partial charge in [0.25, 0.3) is 0 Å². The average molecular weight is 651 g/mol. The predicted molar refractivity (Wildman–Crippen MR) is 179 cm³/mol. The van der Waals surface area contributed by atoms with E-state index < -0.39 is 23.6 Å². The van der Waals surface area contributed by atoms with Crippen LogP contribution in [-0.4, -0.2) is 58.8 Å². The molecule has 0 aromatic heterocycles. The first-order chi connectivity index (χ1) is 22.6. The molecule has 0 spiro atoms. The molecule has 3 aliphatic rings. The van der Waals surface area contributed by atoms with Crippen molar-refractivity contribution in [2.75, 3.05) is 0 Å². The number of cyclic esters (lactones) is 1. The van der Waals surface area contributed by atoms with Crippen LogP contribution in [0, 0.1) is 11.3 Å². The maximum atomic E-state index is 13.6. The largest absolute Gasteiger partial charge is 0.507 e. The molecular formula is C39H54O8. The van der Waals surface area contributed by atoms with Crippen LogP contribution in [0.15, 0.2) is 48.5 Å². The monoisotopic (exact) mass is 650 g/mol. The summed E-state index contributed by atoms with van der Waals surface area (Å²) in [7, 11) is 0. The lowest BCUT2D eigenvalue weighted by molar-refractivity contribution is -0.174. The minimum atomic E-state index is -0.844. The van der Waals surface area contributed by atoms with Crippen molar-refractivity contribution < 1.29 is 38.7 Å². The third-order valence-corrected chi connectivity index (χ3v) is 10.5. The van der Waals surface area contributed by atoms with E-state index in [-0.39, 0.29) is 60.6 Å². The van der Waals surface area contributed by atoms with E-state index in [1.807, 2.05) is 50.2 Å². The lowest BCUT2D eigenvalue weighted by Crippen LogP contribution is -2.45. The zero-order valence-electron chi connectivity index (χ0n) is 28.4. The second kappa shape index (κ2) is 16.4. The Bertz CT molecular complexity index is 1310. The minimum Gasteiger partial charge on any atom is -0.507 e. The third-order valence-electron chi connectivity index (χ3n) is 10.5. The quantitative estimate of drug-likeness (QED) is 0.283. The third kappa shape index (κ3) is 9.58. The Morgan fingerprint density at radius 1 is 0.894 bits per heavy atom. The summed E-state index contributed by atoms with van der Waals surface area (Å²) in [6.45, 7) is 6.02. The Kier molecular flexibility index (Phi) is 12.4. The van der Waals surface area contributed by atoms with Crippen molar-refractivity contribution in [1.82, 2.24) is 0 Å². The van der Waals surface area contributed by atoms with Crippen LogP contribution in [0.25, 0.3) is 0 Å². The van der Waals surface area contributed by atoms with Gasteiger partial charge in [0.1, 0.15) is 24.0 Å². The highest BCUT2D eigenvalue weighted by atomic mass is 16.6. The number of phenolic OH excluding ortho intramolecular Hbond substituents is 1. The summed E-state index contributed by atoms with van der Waals surface area (Å²) in [6, 6.07) is 14.8. The van der Waals surface area contributed by atoms with Crippen molar-refractivity contribution in [3.05, 3.63) is 65.2 Å². The van der Waals surface area contributed by atoms with Gasteiger partial charge in [-0.2, -0.15) is 0 Å². The van der Waals surface area contributed by atoms with Gasteiger partial charge in [0.05, 0.1) is 35.9 Å². The van der Waals surface area contributed by atoms with E-state index >= 15 is 0 Å². The standard InChI is InChI=1S/C39H54O8/c1-26-21-22-31-17-9-16-30(45-31)15-7-13-28-14-8-19-33(41)36(28)37(42)47-34(26)24-29(40)23-32-18-10-20-35(46-32)39(2,3)38(43)44-25-27-11-5-4-6-12-27/h4-6,8,11-12,14,19,26,29-32,34-35,40-41H,7,9-10,13,15-18,20-25H2,1-3H3/t26-,29-,30-,31-,32-,34+,35+/m0/s1. The van der Waals surface area contributed by atoms with Gasteiger partial charge in [0, 0.05) is 6.42 Å². The van der Waals surface area contributed by atoms with Gasteiger partial charge in [-0.25, -0.2) is 4.79 Å². The number of esters is 2. The molecule has 0 aliphatic carbocycles. The summed E-state index contributed by atoms with van der Waals surface area (Å²) in [4.78, 5) is 26.8. The number of aliphatic hydroxyl groups is 1. The number of rotatable bonds is 8. The zero-order valence-corrected chi connectivity index (χ0v) is 28.4. The van der Waals surface area contributed by atoms with Gasteiger partial charge in [-0.15, -0.1) is 0 Å². The second-order valence-electron chi connectivity index (χ2n) is 14.6. The van der Waals surface area contributed by atoms with Crippen molar-refractivity contribution >= 4 is 11.9 Å². The van der Waals surface area contributed by atoms with Gasteiger partial charge >= 0.3 is 11.9 Å². The Hall–Kier alpha value is -2.94. The molecule has 2 fully saturated rings. The topological polar surface area (TPSA) is 112 Å². The number of benzene rings is 2. The number of aromatic hydroxyl groups is 1. The normalized spacial score (nSPS) is 28.3. The number of carbonyl (C=O) groups excluding carboxylic acids is 2. The summed E-state index contributed by atoms with van der Waals surface area (Å²) < 4.78 is 24.7. The van der Waals surface area contributed by atoms with Crippen molar-refractivity contribution in [2.24, 2.45) is 11.3 Å². The minimum absolute atomic E-state index is 0.0202. The molecule has 8 nitrogen and oxygen atoms in total. The highest BCUT2D eigenvalue weighted by molar-refractivity contribution is 5.94. The number of carbonyl (C=O) groups is 2. The van der Waals surface area contributed by atoms with Crippen LogP contribution in [0.5, 0.6) is 5.75 Å². The second-order valence-corrected chi connectivity index (χ2v) is 14.6. The summed E-state index contributed by atoms with van der Waals surface area (Å²) in [5.74, 6) is -0.939. The molecule has 47 heavy (non-hydrogen) atoms. The molecule has 0 amide bonds. The van der Waals surface area contributed by atoms with Crippen LogP contribution < -0.4 is 0 Å². The molecule has 5 rings (SSSR count). The van der Waals surface area contributed by atoms with Gasteiger partial charge in [-0.1, -0.05) is 49.4 Å². The average Bonchev–Trinajstić information content (AvgIpc) is 3.06. The first kappa shape index (κ1) is 35.4. The Labute approximate surface area is 280 Å². The number of ether oxygens (including phenoxy) is 4. The van der Waals surface area contributed by atoms with Crippen LogP contribution in [0.2, 0.25) is 0 Å². The Morgan fingerprint density at radius 2 is 1.62 bits per heavy atom. The van der Waals surface area contributed by atoms with E-state index in [0.29, 0.717) is 12.8 Å². The first-order valence-electron chi connectivity index (χ1n) is 17.8. The van der Waals surface area contributed by atoms with E-state index in [4.69, 9.17) is 18.9 Å². The van der Waals surface area contributed by atoms with E-state index in [9.17, 15) is 19.8 Å². The molecule has 2 N–H and O–H groups in total. The number of hydrogen-bond acceptors (Lipinski definition) is 8. The lowest BCUT2D eigenvalue weighted by atomic mass is 9.81. The van der Waals surface area contributed by atoms with Gasteiger partial charge in [0.2, 0.25) is 0 Å². The highest BCUT2D eigenvalue weighted by Crippen LogP contribution is 2.36.